The van der Waals surface area contributed by atoms with Crippen molar-refractivity contribution in [2.75, 3.05) is 25.0 Å². The summed E-state index contributed by atoms with van der Waals surface area (Å²) in [5.74, 6) is 0.182. The molecule has 0 fully saturated rings. The van der Waals surface area contributed by atoms with Gasteiger partial charge in [-0.25, -0.2) is 9.59 Å². The number of urea groups is 1. The molecule has 0 heterocycles. The van der Waals surface area contributed by atoms with Crippen molar-refractivity contribution in [3.05, 3.63) is 36.8 Å². The molecule has 7 N–H and O–H groups in total. The van der Waals surface area contributed by atoms with Gasteiger partial charge in [-0.2, -0.15) is 0 Å². The number of alkyl carbamates (subject to hydrolysis) is 1. The maximum Gasteiger partial charge on any atom is 0.407 e. The van der Waals surface area contributed by atoms with Gasteiger partial charge >= 0.3 is 12.1 Å². The number of hydrogen-bond donors (Lipinski definition) is 5. The standard InChI is InChI=1S/C24H42N5O3/c1-5-6-7-15-32-24(31)29-22(17(2)3)21(25)19(9-8-14-27-23(26)30)16-28-20-12-10-18(4)11-13-20/h10-13,17,19,21-22,28H,4-9,14-16,25H2,1-3H3,(H,29,31)(H3,26,27,30)/t19-,21?,22+/m1/s1. The fraction of sp³-hybridized carbons (Fsp3) is 0.625. The molecule has 181 valence electrons. The number of rotatable bonds is 15. The lowest BCUT2D eigenvalue weighted by Crippen LogP contribution is -2.55. The van der Waals surface area contributed by atoms with Crippen molar-refractivity contribution < 1.29 is 14.3 Å². The summed E-state index contributed by atoms with van der Waals surface area (Å²) >= 11 is 0. The normalized spacial score (nSPS) is 13.8. The lowest BCUT2D eigenvalue weighted by molar-refractivity contribution is 0.131. The molecule has 3 amide bonds. The van der Waals surface area contributed by atoms with Crippen LogP contribution in [0.3, 0.4) is 0 Å². The Bertz CT molecular complexity index is 666. The van der Waals surface area contributed by atoms with Gasteiger partial charge in [-0.05, 0) is 55.7 Å². The summed E-state index contributed by atoms with van der Waals surface area (Å²) < 4.78 is 5.33. The zero-order valence-electron chi connectivity index (χ0n) is 19.9. The van der Waals surface area contributed by atoms with Crippen LogP contribution in [0, 0.1) is 18.8 Å². The van der Waals surface area contributed by atoms with Crippen molar-refractivity contribution in [2.45, 2.75) is 65.0 Å². The van der Waals surface area contributed by atoms with Gasteiger partial charge in [0.15, 0.2) is 0 Å². The third-order valence-electron chi connectivity index (χ3n) is 5.52. The summed E-state index contributed by atoms with van der Waals surface area (Å²) in [6.45, 7) is 11.6. The quantitative estimate of drug-likeness (QED) is 0.262. The molecule has 0 bridgehead atoms. The Balaban J connectivity index is 2.77. The van der Waals surface area contributed by atoms with Crippen molar-refractivity contribution in [1.82, 2.24) is 10.6 Å². The molecule has 0 spiro atoms. The number of nitrogens with two attached hydrogens (primary N) is 2. The molecule has 0 aliphatic carbocycles. The largest absolute Gasteiger partial charge is 0.450 e. The van der Waals surface area contributed by atoms with Crippen LogP contribution in [0.4, 0.5) is 15.3 Å². The minimum atomic E-state index is -0.537. The first kappa shape index (κ1) is 27.6. The van der Waals surface area contributed by atoms with Gasteiger partial charge < -0.3 is 32.2 Å². The van der Waals surface area contributed by atoms with E-state index in [9.17, 15) is 9.59 Å². The molecular formula is C24H42N5O3. The van der Waals surface area contributed by atoms with Crippen LogP contribution in [0.1, 0.15) is 58.4 Å². The van der Waals surface area contributed by atoms with E-state index in [2.05, 4.69) is 29.8 Å². The number of unbranched alkanes of at least 4 members (excludes halogenated alkanes) is 2. The van der Waals surface area contributed by atoms with Crippen molar-refractivity contribution in [2.24, 2.45) is 23.3 Å². The molecule has 32 heavy (non-hydrogen) atoms. The van der Waals surface area contributed by atoms with Crippen molar-refractivity contribution >= 4 is 17.8 Å². The number of nitrogens with one attached hydrogen (secondary N) is 3. The fourth-order valence-corrected chi connectivity index (χ4v) is 3.57. The van der Waals surface area contributed by atoms with Crippen LogP contribution in [0.15, 0.2) is 24.3 Å². The zero-order valence-corrected chi connectivity index (χ0v) is 19.9. The minimum absolute atomic E-state index is 0.0527. The molecule has 0 saturated carbocycles. The SMILES string of the molecule is [CH2]c1ccc(NC[C@@H](CCCNC(N)=O)C(N)[C@@H](NC(=O)OCCCCC)C(C)C)cc1. The molecular weight excluding hydrogens is 406 g/mol. The topological polar surface area (TPSA) is 132 Å². The Hall–Kier alpha value is -2.48. The highest BCUT2D eigenvalue weighted by molar-refractivity contribution is 5.71. The summed E-state index contributed by atoms with van der Waals surface area (Å²) in [5, 5.41) is 9.03. The predicted octanol–water partition coefficient (Wildman–Crippen LogP) is 3.61. The molecule has 8 heteroatoms. The Morgan fingerprint density at radius 3 is 2.41 bits per heavy atom. The number of anilines is 1. The third kappa shape index (κ3) is 11.2. The monoisotopic (exact) mass is 448 g/mol. The van der Waals surface area contributed by atoms with E-state index >= 15 is 0 Å². The zero-order chi connectivity index (χ0) is 23.9. The highest BCUT2D eigenvalue weighted by Gasteiger charge is 2.30. The van der Waals surface area contributed by atoms with Crippen LogP contribution < -0.4 is 27.4 Å². The first-order chi connectivity index (χ1) is 15.2. The van der Waals surface area contributed by atoms with Gasteiger partial charge in [0.25, 0.3) is 0 Å². The summed E-state index contributed by atoms with van der Waals surface area (Å²) in [6, 6.07) is 6.77. The van der Waals surface area contributed by atoms with Crippen LogP contribution in [0.2, 0.25) is 0 Å². The molecule has 0 aliphatic rings. The lowest BCUT2D eigenvalue weighted by Gasteiger charge is -2.34. The van der Waals surface area contributed by atoms with Crippen molar-refractivity contribution in [3.8, 4) is 0 Å². The average molecular weight is 449 g/mol. The summed E-state index contributed by atoms with van der Waals surface area (Å²) in [5.41, 5.74) is 13.8. The van der Waals surface area contributed by atoms with Crippen molar-refractivity contribution in [1.29, 1.82) is 0 Å². The highest BCUT2D eigenvalue weighted by Crippen LogP contribution is 2.19. The number of primary amides is 1. The molecule has 1 aromatic rings. The molecule has 0 aliphatic heterocycles. The van der Waals surface area contributed by atoms with E-state index in [0.717, 1.165) is 43.4 Å². The fourth-order valence-electron chi connectivity index (χ4n) is 3.57. The maximum atomic E-state index is 12.3. The first-order valence-electron chi connectivity index (χ1n) is 11.6. The van der Waals surface area contributed by atoms with Gasteiger partial charge in [-0.15, -0.1) is 0 Å². The molecule has 1 aromatic carbocycles. The number of hydrogen-bond acceptors (Lipinski definition) is 5. The van der Waals surface area contributed by atoms with E-state index in [0.29, 0.717) is 19.7 Å². The first-order valence-corrected chi connectivity index (χ1v) is 11.6. The number of carbonyl (C=O) groups excluding carboxylic acids is 2. The lowest BCUT2D eigenvalue weighted by atomic mass is 9.85. The van der Waals surface area contributed by atoms with E-state index in [1.54, 1.807) is 0 Å². The second-order valence-electron chi connectivity index (χ2n) is 8.61. The summed E-state index contributed by atoms with van der Waals surface area (Å²) in [6.07, 6.45) is 4.02. The van der Waals surface area contributed by atoms with Crippen molar-refractivity contribution in [3.63, 3.8) is 0 Å². The van der Waals surface area contributed by atoms with Gasteiger partial charge in [0.05, 0.1) is 6.61 Å². The second kappa shape index (κ2) is 15.3. The van der Waals surface area contributed by atoms with Gasteiger partial charge in [-0.3, -0.25) is 0 Å². The van der Waals surface area contributed by atoms with E-state index in [1.807, 2.05) is 38.1 Å². The van der Waals surface area contributed by atoms with Crippen LogP contribution >= 0.6 is 0 Å². The maximum absolute atomic E-state index is 12.3. The number of ether oxygens (including phenoxy) is 1. The highest BCUT2D eigenvalue weighted by atomic mass is 16.5. The Morgan fingerprint density at radius 2 is 1.81 bits per heavy atom. The predicted molar refractivity (Wildman–Crippen MR) is 130 cm³/mol. The number of amides is 3. The van der Waals surface area contributed by atoms with Crippen LogP contribution in [-0.4, -0.2) is 43.9 Å². The minimum Gasteiger partial charge on any atom is -0.450 e. The Labute approximate surface area is 193 Å². The third-order valence-corrected chi connectivity index (χ3v) is 5.52. The van der Waals surface area contributed by atoms with E-state index in [-0.39, 0.29) is 23.9 Å². The van der Waals surface area contributed by atoms with E-state index < -0.39 is 12.1 Å². The van der Waals surface area contributed by atoms with Crippen LogP contribution in [0.25, 0.3) is 0 Å². The Morgan fingerprint density at radius 1 is 1.12 bits per heavy atom. The molecule has 1 radical (unpaired) electrons. The smallest absolute Gasteiger partial charge is 0.407 e. The average Bonchev–Trinajstić information content (AvgIpc) is 2.75. The van der Waals surface area contributed by atoms with Crippen LogP contribution in [-0.2, 0) is 4.74 Å². The van der Waals surface area contributed by atoms with Gasteiger partial charge in [0.2, 0.25) is 0 Å². The van der Waals surface area contributed by atoms with Gasteiger partial charge in [0.1, 0.15) is 0 Å². The number of benzene rings is 1. The Kier molecular flexibility index (Phi) is 13.2. The van der Waals surface area contributed by atoms with E-state index in [4.69, 9.17) is 16.2 Å². The molecule has 1 unspecified atom stereocenters. The summed E-state index contributed by atoms with van der Waals surface area (Å²) in [7, 11) is 0. The molecule has 0 saturated heterocycles. The van der Waals surface area contributed by atoms with Gasteiger partial charge in [0, 0.05) is 30.9 Å². The molecule has 8 nitrogen and oxygen atoms in total. The van der Waals surface area contributed by atoms with Crippen LogP contribution in [0.5, 0.6) is 0 Å². The number of carbonyl (C=O) groups is 2. The second-order valence-corrected chi connectivity index (χ2v) is 8.61. The molecule has 0 aromatic heterocycles. The van der Waals surface area contributed by atoms with E-state index in [1.165, 1.54) is 0 Å². The van der Waals surface area contributed by atoms with Gasteiger partial charge in [-0.1, -0.05) is 45.7 Å². The molecule has 3 atom stereocenters. The molecule has 1 rings (SSSR count). The summed E-state index contributed by atoms with van der Waals surface area (Å²) in [4.78, 5) is 23.3.